The summed E-state index contributed by atoms with van der Waals surface area (Å²) in [7, 11) is 0. The van der Waals surface area contributed by atoms with Crippen LogP contribution in [0.3, 0.4) is 0 Å². The number of hydrogen-bond acceptors (Lipinski definition) is 2. The van der Waals surface area contributed by atoms with Crippen LogP contribution >= 0.6 is 0 Å². The summed E-state index contributed by atoms with van der Waals surface area (Å²) in [6.45, 7) is 8.34. The van der Waals surface area contributed by atoms with Gasteiger partial charge in [-0.15, -0.1) is 0 Å². The van der Waals surface area contributed by atoms with Crippen LogP contribution < -0.4 is 0 Å². The maximum absolute atomic E-state index is 9.67. The molecule has 0 aliphatic rings. The average Bonchev–Trinajstić information content (AvgIpc) is 2.82. The van der Waals surface area contributed by atoms with Gasteiger partial charge in [0.2, 0.25) is 0 Å². The summed E-state index contributed by atoms with van der Waals surface area (Å²) in [5.74, 6) is 0. The summed E-state index contributed by atoms with van der Waals surface area (Å²) < 4.78 is 6.41. The zero-order valence-electron chi connectivity index (χ0n) is 18.1. The van der Waals surface area contributed by atoms with Gasteiger partial charge >= 0.3 is 0 Å². The van der Waals surface area contributed by atoms with Crippen LogP contribution in [0.25, 0.3) is 11.1 Å². The van der Waals surface area contributed by atoms with E-state index >= 15 is 0 Å². The van der Waals surface area contributed by atoms with Crippen molar-refractivity contribution in [2.24, 2.45) is 0 Å². The molecule has 1 atom stereocenters. The molecule has 3 aromatic rings. The van der Waals surface area contributed by atoms with Crippen molar-refractivity contribution in [2.45, 2.75) is 26.6 Å². The Labute approximate surface area is 185 Å². The third-order valence-corrected chi connectivity index (χ3v) is 5.15. The number of nitriles is 1. The molecule has 0 N–H and O–H groups in total. The fraction of sp³-hybridized carbons (Fsp3) is 0.138. The lowest BCUT2D eigenvalue weighted by molar-refractivity contribution is 0.0662. The van der Waals surface area contributed by atoms with Crippen molar-refractivity contribution >= 4 is 0 Å². The van der Waals surface area contributed by atoms with Crippen LogP contribution in [-0.4, -0.2) is 0 Å². The van der Waals surface area contributed by atoms with Crippen LogP contribution in [0.2, 0.25) is 0 Å². The van der Waals surface area contributed by atoms with Gasteiger partial charge in [0.1, 0.15) is 6.10 Å². The smallest absolute Gasteiger partial charge is 0.108 e. The molecule has 0 bridgehead atoms. The molecule has 0 amide bonds. The number of aryl methyl sites for hydroxylation is 1. The minimum absolute atomic E-state index is 0.265. The molecule has 0 spiro atoms. The monoisotopic (exact) mass is 405 g/mol. The minimum atomic E-state index is -0.265. The Balaban J connectivity index is 2.03. The van der Waals surface area contributed by atoms with Gasteiger partial charge in [-0.2, -0.15) is 5.26 Å². The first kappa shape index (κ1) is 22.0. The van der Waals surface area contributed by atoms with Crippen molar-refractivity contribution in [1.82, 2.24) is 0 Å². The van der Waals surface area contributed by atoms with Crippen LogP contribution in [0, 0.1) is 18.3 Å². The number of hydrogen-bond donors (Lipinski definition) is 0. The fourth-order valence-electron chi connectivity index (χ4n) is 3.45. The van der Waals surface area contributed by atoms with Gasteiger partial charge in [0.15, 0.2) is 0 Å². The van der Waals surface area contributed by atoms with E-state index in [0.717, 1.165) is 27.8 Å². The van der Waals surface area contributed by atoms with E-state index in [2.05, 4.69) is 68.1 Å². The first-order valence-corrected chi connectivity index (χ1v) is 10.4. The van der Waals surface area contributed by atoms with Crippen LogP contribution in [0.4, 0.5) is 0 Å². The van der Waals surface area contributed by atoms with E-state index in [1.165, 1.54) is 5.56 Å². The molecule has 154 valence electrons. The maximum Gasteiger partial charge on any atom is 0.108 e. The van der Waals surface area contributed by atoms with E-state index in [9.17, 15) is 5.26 Å². The minimum Gasteiger partial charge on any atom is -0.364 e. The summed E-state index contributed by atoms with van der Waals surface area (Å²) in [5.41, 5.74) is 6.93. The zero-order valence-corrected chi connectivity index (χ0v) is 18.1. The lowest BCUT2D eigenvalue weighted by Gasteiger charge is -2.21. The van der Waals surface area contributed by atoms with E-state index in [-0.39, 0.29) is 6.10 Å². The summed E-state index contributed by atoms with van der Waals surface area (Å²) in [6, 6.07) is 26.7. The van der Waals surface area contributed by atoms with E-state index in [0.29, 0.717) is 12.2 Å². The third kappa shape index (κ3) is 5.69. The predicted molar refractivity (Wildman–Crippen MR) is 128 cm³/mol. The van der Waals surface area contributed by atoms with Crippen molar-refractivity contribution in [3.63, 3.8) is 0 Å². The molecule has 0 fully saturated rings. The fourth-order valence-corrected chi connectivity index (χ4v) is 3.45. The SMILES string of the molecule is C=C/C=C\C(=C/C)C(OCc1ccccc1)c1ccc(C#N)c(-c2ccc(C)cc2)c1. The maximum atomic E-state index is 9.67. The van der Waals surface area contributed by atoms with Crippen molar-refractivity contribution in [3.05, 3.63) is 132 Å². The van der Waals surface area contributed by atoms with E-state index in [4.69, 9.17) is 4.74 Å². The molecular formula is C29H27NO. The Hall–Kier alpha value is -3.67. The molecule has 3 rings (SSSR count). The lowest BCUT2D eigenvalue weighted by atomic mass is 9.93. The summed E-state index contributed by atoms with van der Waals surface area (Å²) >= 11 is 0. The van der Waals surface area contributed by atoms with Crippen LogP contribution in [0.5, 0.6) is 0 Å². The largest absolute Gasteiger partial charge is 0.364 e. The van der Waals surface area contributed by atoms with Gasteiger partial charge in [-0.1, -0.05) is 97.1 Å². The quantitative estimate of drug-likeness (QED) is 0.364. The number of ether oxygens (including phenoxy) is 1. The molecule has 0 aliphatic heterocycles. The van der Waals surface area contributed by atoms with Crippen molar-refractivity contribution in [2.75, 3.05) is 0 Å². The Bertz CT molecular complexity index is 1120. The number of allylic oxidation sites excluding steroid dienone is 3. The Morgan fingerprint density at radius 2 is 1.81 bits per heavy atom. The van der Waals surface area contributed by atoms with Gasteiger partial charge in [-0.05, 0) is 53.8 Å². The first-order chi connectivity index (χ1) is 15.2. The molecule has 0 saturated carbocycles. The average molecular weight is 406 g/mol. The predicted octanol–water partition coefficient (Wildman–Crippen LogP) is 7.48. The van der Waals surface area contributed by atoms with E-state index in [1.54, 1.807) is 6.08 Å². The standard InChI is InChI=1S/C29H27NO/c1-4-6-12-24(5-2)29(31-21-23-10-8-7-9-11-23)26-17-18-27(20-30)28(19-26)25-15-13-22(3)14-16-25/h4-19,29H,1,21H2,2-3H3/b12-6-,24-5+. The molecule has 0 saturated heterocycles. The second-order valence-corrected chi connectivity index (χ2v) is 7.34. The first-order valence-electron chi connectivity index (χ1n) is 10.4. The second-order valence-electron chi connectivity index (χ2n) is 7.34. The summed E-state index contributed by atoms with van der Waals surface area (Å²) in [4.78, 5) is 0. The van der Waals surface area contributed by atoms with Gasteiger partial charge in [-0.3, -0.25) is 0 Å². The third-order valence-electron chi connectivity index (χ3n) is 5.15. The lowest BCUT2D eigenvalue weighted by Crippen LogP contribution is -2.08. The Morgan fingerprint density at radius 3 is 2.45 bits per heavy atom. The van der Waals surface area contributed by atoms with Crippen molar-refractivity contribution in [3.8, 4) is 17.2 Å². The van der Waals surface area contributed by atoms with Crippen molar-refractivity contribution in [1.29, 1.82) is 5.26 Å². The summed E-state index contributed by atoms with van der Waals surface area (Å²) in [5, 5.41) is 9.67. The molecule has 0 heterocycles. The van der Waals surface area contributed by atoms with Crippen LogP contribution in [0.15, 0.2) is 109 Å². The summed E-state index contributed by atoms with van der Waals surface area (Å²) in [6.07, 6.45) is 7.48. The van der Waals surface area contributed by atoms with E-state index in [1.807, 2.05) is 49.4 Å². The molecule has 0 radical (unpaired) electrons. The Kier molecular flexibility index (Phi) is 7.76. The molecule has 2 heteroatoms. The Morgan fingerprint density at radius 1 is 1.06 bits per heavy atom. The highest BCUT2D eigenvalue weighted by atomic mass is 16.5. The van der Waals surface area contributed by atoms with Crippen LogP contribution in [0.1, 0.15) is 35.3 Å². The highest BCUT2D eigenvalue weighted by Crippen LogP contribution is 2.33. The number of benzene rings is 3. The molecule has 31 heavy (non-hydrogen) atoms. The van der Waals surface area contributed by atoms with Gasteiger partial charge in [0.05, 0.1) is 18.2 Å². The van der Waals surface area contributed by atoms with Crippen LogP contribution in [-0.2, 0) is 11.3 Å². The number of nitrogens with zero attached hydrogens (tertiary/aromatic N) is 1. The molecule has 3 aromatic carbocycles. The topological polar surface area (TPSA) is 33.0 Å². The van der Waals surface area contributed by atoms with Gasteiger partial charge in [-0.25, -0.2) is 0 Å². The number of rotatable bonds is 8. The zero-order chi connectivity index (χ0) is 22.1. The van der Waals surface area contributed by atoms with Gasteiger partial charge in [0, 0.05) is 0 Å². The highest BCUT2D eigenvalue weighted by Gasteiger charge is 2.18. The molecule has 0 aliphatic carbocycles. The second kappa shape index (κ2) is 10.9. The molecule has 1 unspecified atom stereocenters. The molecular weight excluding hydrogens is 378 g/mol. The molecule has 0 aromatic heterocycles. The van der Waals surface area contributed by atoms with Gasteiger partial charge < -0.3 is 4.74 Å². The normalized spacial score (nSPS) is 12.5. The van der Waals surface area contributed by atoms with Gasteiger partial charge in [0.25, 0.3) is 0 Å². The molecule has 2 nitrogen and oxygen atoms in total. The van der Waals surface area contributed by atoms with E-state index < -0.39 is 0 Å². The highest BCUT2D eigenvalue weighted by molar-refractivity contribution is 5.71. The van der Waals surface area contributed by atoms with Crippen molar-refractivity contribution < 1.29 is 4.74 Å².